The Bertz CT molecular complexity index is 176. The van der Waals surface area contributed by atoms with Crippen molar-refractivity contribution in [2.24, 2.45) is 11.8 Å². The van der Waals surface area contributed by atoms with Crippen molar-refractivity contribution in [2.45, 2.75) is 39.3 Å². The van der Waals surface area contributed by atoms with Gasteiger partial charge in [-0.3, -0.25) is 4.90 Å². The molecule has 1 aliphatic heterocycles. The van der Waals surface area contributed by atoms with Gasteiger partial charge in [-0.25, -0.2) is 0 Å². The molecule has 3 heteroatoms. The van der Waals surface area contributed by atoms with Gasteiger partial charge in [-0.15, -0.1) is 12.4 Å². The summed E-state index contributed by atoms with van der Waals surface area (Å²) in [6.45, 7) is 10.7. The van der Waals surface area contributed by atoms with Gasteiger partial charge in [0.1, 0.15) is 0 Å². The molecule has 0 aromatic carbocycles. The highest BCUT2D eigenvalue weighted by atomic mass is 35.5. The first-order valence-corrected chi connectivity index (χ1v) is 5.65. The van der Waals surface area contributed by atoms with E-state index in [1.54, 1.807) is 0 Å². The second-order valence-corrected chi connectivity index (χ2v) is 5.03. The van der Waals surface area contributed by atoms with Crippen molar-refractivity contribution in [3.05, 3.63) is 0 Å². The summed E-state index contributed by atoms with van der Waals surface area (Å²) >= 11 is 0. The molecule has 0 radical (unpaired) electrons. The molecule has 1 saturated carbocycles. The Hall–Kier alpha value is 0.210. The number of nitrogens with zero attached hydrogens (tertiary/aromatic N) is 1. The van der Waals surface area contributed by atoms with Gasteiger partial charge in [-0.2, -0.15) is 0 Å². The minimum Gasteiger partial charge on any atom is -0.314 e. The van der Waals surface area contributed by atoms with E-state index in [4.69, 9.17) is 0 Å². The highest BCUT2D eigenvalue weighted by Gasteiger charge is 2.36. The second kappa shape index (κ2) is 4.82. The van der Waals surface area contributed by atoms with Crippen molar-refractivity contribution in [3.8, 4) is 0 Å². The summed E-state index contributed by atoms with van der Waals surface area (Å²) in [7, 11) is 0. The third kappa shape index (κ3) is 2.62. The van der Waals surface area contributed by atoms with Crippen molar-refractivity contribution < 1.29 is 0 Å². The molecule has 2 nitrogen and oxygen atoms in total. The maximum Gasteiger partial charge on any atom is 0.0195 e. The van der Waals surface area contributed by atoms with E-state index >= 15 is 0 Å². The Balaban J connectivity index is 0.000000980. The summed E-state index contributed by atoms with van der Waals surface area (Å²) in [5.41, 5.74) is 0. The highest BCUT2D eigenvalue weighted by molar-refractivity contribution is 5.85. The van der Waals surface area contributed by atoms with Crippen LogP contribution in [0.25, 0.3) is 0 Å². The number of piperazine rings is 1. The van der Waals surface area contributed by atoms with Crippen LogP contribution in [0.3, 0.4) is 0 Å². The molecule has 1 saturated heterocycles. The molecule has 0 spiro atoms. The van der Waals surface area contributed by atoms with Gasteiger partial charge < -0.3 is 5.32 Å². The average Bonchev–Trinajstić information content (AvgIpc) is 2.75. The molecule has 2 aliphatic rings. The van der Waals surface area contributed by atoms with Crippen LogP contribution >= 0.6 is 12.4 Å². The van der Waals surface area contributed by atoms with Gasteiger partial charge in [0.05, 0.1) is 0 Å². The first-order chi connectivity index (χ1) is 6.18. The molecule has 2 unspecified atom stereocenters. The van der Waals surface area contributed by atoms with Gasteiger partial charge in [-0.05, 0) is 32.1 Å². The first-order valence-electron chi connectivity index (χ1n) is 5.65. The molecule has 0 aromatic rings. The number of nitrogens with one attached hydrogen (secondary N) is 1. The lowest BCUT2D eigenvalue weighted by Crippen LogP contribution is -2.55. The lowest BCUT2D eigenvalue weighted by Gasteiger charge is -2.39. The summed E-state index contributed by atoms with van der Waals surface area (Å²) in [6.07, 6.45) is 1.46. The Labute approximate surface area is 93.8 Å². The van der Waals surface area contributed by atoms with E-state index in [2.05, 4.69) is 31.0 Å². The Kier molecular flexibility index (Phi) is 4.23. The Morgan fingerprint density at radius 3 is 2.07 bits per heavy atom. The highest BCUT2D eigenvalue weighted by Crippen LogP contribution is 2.39. The Morgan fingerprint density at radius 1 is 1.14 bits per heavy atom. The molecule has 1 heterocycles. The number of hydrogen-bond acceptors (Lipinski definition) is 2. The van der Waals surface area contributed by atoms with E-state index in [0.717, 1.165) is 23.9 Å². The van der Waals surface area contributed by atoms with Crippen LogP contribution in [-0.2, 0) is 0 Å². The van der Waals surface area contributed by atoms with E-state index in [0.29, 0.717) is 0 Å². The summed E-state index contributed by atoms with van der Waals surface area (Å²) in [5, 5.41) is 3.48. The molecule has 2 fully saturated rings. The summed E-state index contributed by atoms with van der Waals surface area (Å²) in [6, 6.07) is 1.47. The molecule has 1 aliphatic carbocycles. The normalized spacial score (nSPS) is 43.1. The lowest BCUT2D eigenvalue weighted by molar-refractivity contribution is 0.109. The van der Waals surface area contributed by atoms with Crippen LogP contribution in [0.15, 0.2) is 0 Å². The van der Waals surface area contributed by atoms with E-state index in [9.17, 15) is 0 Å². The topological polar surface area (TPSA) is 15.3 Å². The minimum absolute atomic E-state index is 0. The van der Waals surface area contributed by atoms with Crippen LogP contribution < -0.4 is 5.32 Å². The van der Waals surface area contributed by atoms with E-state index in [1.165, 1.54) is 26.1 Å². The van der Waals surface area contributed by atoms with Crippen LogP contribution in [0.2, 0.25) is 0 Å². The maximum atomic E-state index is 3.48. The van der Waals surface area contributed by atoms with Gasteiger partial charge in [-0.1, -0.05) is 6.92 Å². The number of hydrogen-bond donors (Lipinski definition) is 1. The smallest absolute Gasteiger partial charge is 0.0195 e. The third-order valence-corrected chi connectivity index (χ3v) is 3.73. The van der Waals surface area contributed by atoms with Crippen molar-refractivity contribution in [3.63, 3.8) is 0 Å². The fraction of sp³-hybridized carbons (Fsp3) is 1.00. The molecular weight excluding hydrogens is 196 g/mol. The average molecular weight is 219 g/mol. The molecule has 14 heavy (non-hydrogen) atoms. The zero-order chi connectivity index (χ0) is 9.42. The van der Waals surface area contributed by atoms with Crippen LogP contribution in [0.4, 0.5) is 0 Å². The molecule has 2 rings (SSSR count). The van der Waals surface area contributed by atoms with Crippen molar-refractivity contribution in [2.75, 3.05) is 19.6 Å². The van der Waals surface area contributed by atoms with Crippen LogP contribution in [-0.4, -0.2) is 36.6 Å². The zero-order valence-electron chi connectivity index (χ0n) is 9.49. The lowest BCUT2D eigenvalue weighted by atomic mass is 10.1. The largest absolute Gasteiger partial charge is 0.314 e. The maximum absolute atomic E-state index is 3.48. The fourth-order valence-corrected chi connectivity index (χ4v) is 2.45. The van der Waals surface area contributed by atoms with Gasteiger partial charge >= 0.3 is 0 Å². The summed E-state index contributed by atoms with van der Waals surface area (Å²) in [4.78, 5) is 2.69. The SMILES string of the molecule is CC1CC1CN1[C@H](C)CNC[C@@H]1C.Cl. The second-order valence-electron chi connectivity index (χ2n) is 5.03. The van der Waals surface area contributed by atoms with E-state index in [1.807, 2.05) is 0 Å². The quantitative estimate of drug-likeness (QED) is 0.760. The van der Waals surface area contributed by atoms with Gasteiger partial charge in [0.2, 0.25) is 0 Å². The fourth-order valence-electron chi connectivity index (χ4n) is 2.45. The van der Waals surface area contributed by atoms with E-state index in [-0.39, 0.29) is 12.4 Å². The molecule has 0 bridgehead atoms. The monoisotopic (exact) mass is 218 g/mol. The summed E-state index contributed by atoms with van der Waals surface area (Å²) < 4.78 is 0. The molecular formula is C11H23ClN2. The van der Waals surface area contributed by atoms with Crippen LogP contribution in [0.5, 0.6) is 0 Å². The molecule has 0 amide bonds. The van der Waals surface area contributed by atoms with Crippen molar-refractivity contribution >= 4 is 12.4 Å². The predicted octanol–water partition coefficient (Wildman–Crippen LogP) is 1.75. The van der Waals surface area contributed by atoms with Gasteiger partial charge in [0.25, 0.3) is 0 Å². The first kappa shape index (κ1) is 12.3. The van der Waals surface area contributed by atoms with E-state index < -0.39 is 0 Å². The summed E-state index contributed by atoms with van der Waals surface area (Å²) in [5.74, 6) is 2.00. The van der Waals surface area contributed by atoms with Crippen molar-refractivity contribution in [1.29, 1.82) is 0 Å². The number of rotatable bonds is 2. The van der Waals surface area contributed by atoms with Gasteiger partial charge in [0.15, 0.2) is 0 Å². The van der Waals surface area contributed by atoms with Crippen LogP contribution in [0.1, 0.15) is 27.2 Å². The zero-order valence-corrected chi connectivity index (χ0v) is 10.3. The Morgan fingerprint density at radius 2 is 1.64 bits per heavy atom. The standard InChI is InChI=1S/C11H22N2.ClH/c1-8-4-11(8)7-13-9(2)5-12-6-10(13)3;/h8-12H,4-7H2,1-3H3;1H/t8?,9-,10+,11?;. The molecule has 84 valence electrons. The molecule has 4 atom stereocenters. The van der Waals surface area contributed by atoms with Crippen molar-refractivity contribution in [1.82, 2.24) is 10.2 Å². The van der Waals surface area contributed by atoms with Gasteiger partial charge in [0, 0.05) is 31.7 Å². The number of halogens is 1. The predicted molar refractivity (Wildman–Crippen MR) is 63.0 cm³/mol. The minimum atomic E-state index is 0. The van der Waals surface area contributed by atoms with Crippen LogP contribution in [0, 0.1) is 11.8 Å². The third-order valence-electron chi connectivity index (χ3n) is 3.73. The molecule has 1 N–H and O–H groups in total. The molecule has 0 aromatic heterocycles.